The van der Waals surface area contributed by atoms with Crippen LogP contribution in [0.2, 0.25) is 0 Å². The van der Waals surface area contributed by atoms with E-state index in [1.807, 2.05) is 0 Å². The molecule has 11 rings (SSSR count). The van der Waals surface area contributed by atoms with Crippen LogP contribution in [0.25, 0.3) is 43.8 Å². The zero-order valence-electron chi connectivity index (χ0n) is 38.5. The molecule has 2 heteroatoms. The minimum Gasteiger partial charge on any atom is -0.310 e. The van der Waals surface area contributed by atoms with Crippen molar-refractivity contribution in [2.45, 2.75) is 52.4 Å². The Bertz CT molecular complexity index is 3400. The van der Waals surface area contributed by atoms with Crippen LogP contribution in [0.3, 0.4) is 0 Å². The SMILES string of the molecule is CCC(C)c1ccccc1-c1ccc(N(c2ccc(C)cc2)c2cc3c(c4ccccc24)-c2ccc(N(c4ccccc4)c4cccc5ccccc45)cc2C3(C)c2ccccc2)cc1C. The van der Waals surface area contributed by atoms with Crippen LogP contribution in [0.15, 0.2) is 218 Å². The van der Waals surface area contributed by atoms with Crippen LogP contribution in [0.4, 0.5) is 34.1 Å². The molecule has 0 N–H and O–H groups in total. The highest BCUT2D eigenvalue weighted by atomic mass is 15.1. The minimum atomic E-state index is -0.486. The molecule has 0 bridgehead atoms. The number of hydrogen-bond donors (Lipinski definition) is 0. The Morgan fingerprint density at radius 1 is 0.439 bits per heavy atom. The second-order valence-corrected chi connectivity index (χ2v) is 18.3. The van der Waals surface area contributed by atoms with Gasteiger partial charge in [0.05, 0.1) is 11.4 Å². The summed E-state index contributed by atoms with van der Waals surface area (Å²) in [5.74, 6) is 0.473. The molecule has 1 aliphatic rings. The second-order valence-electron chi connectivity index (χ2n) is 18.3. The molecule has 2 nitrogen and oxygen atoms in total. The molecule has 0 aromatic heterocycles. The molecule has 2 atom stereocenters. The van der Waals surface area contributed by atoms with Gasteiger partial charge in [0.15, 0.2) is 0 Å². The Hall–Kier alpha value is -7.68. The van der Waals surface area contributed by atoms with Gasteiger partial charge in [-0.1, -0.05) is 177 Å². The molecular weight excluding hydrogens is 797 g/mol. The highest BCUT2D eigenvalue weighted by Crippen LogP contribution is 2.58. The molecule has 0 radical (unpaired) electrons. The third-order valence-electron chi connectivity index (χ3n) is 14.4. The van der Waals surface area contributed by atoms with E-state index in [2.05, 4.69) is 263 Å². The molecule has 0 spiro atoms. The van der Waals surface area contributed by atoms with E-state index in [1.165, 1.54) is 77.2 Å². The number of fused-ring (bicyclic) bond motifs is 6. The lowest BCUT2D eigenvalue weighted by atomic mass is 9.73. The Morgan fingerprint density at radius 2 is 1.02 bits per heavy atom. The van der Waals surface area contributed by atoms with Crippen LogP contribution in [-0.2, 0) is 5.41 Å². The Labute approximate surface area is 390 Å². The van der Waals surface area contributed by atoms with E-state index in [0.29, 0.717) is 5.92 Å². The summed E-state index contributed by atoms with van der Waals surface area (Å²) in [6, 6.07) is 81.2. The van der Waals surface area contributed by atoms with Gasteiger partial charge in [0, 0.05) is 38.9 Å². The fourth-order valence-corrected chi connectivity index (χ4v) is 10.8. The standard InChI is InChI=1S/C64H54N2/c1-6-44(3)52-26-15-16-28-55(52)53-38-36-50(40-45(53)4)66(49-34-32-43(2)33-35-49)62-42-60-63(57-30-18-17-29-56(57)62)58-39-37-51(41-59(58)64(60,5)47-22-9-7-10-23-47)65(48-24-11-8-12-25-48)61-31-19-21-46-20-13-14-27-54(46)61/h7-42,44H,6H2,1-5H3. The van der Waals surface area contributed by atoms with Crippen molar-refractivity contribution < 1.29 is 0 Å². The number of aryl methyl sites for hydroxylation is 2. The third-order valence-corrected chi connectivity index (χ3v) is 14.4. The molecule has 0 fully saturated rings. The molecule has 10 aromatic carbocycles. The second kappa shape index (κ2) is 16.7. The molecule has 66 heavy (non-hydrogen) atoms. The van der Waals surface area contributed by atoms with E-state index in [-0.39, 0.29) is 0 Å². The quantitative estimate of drug-likeness (QED) is 0.135. The molecule has 10 aromatic rings. The molecule has 0 heterocycles. The van der Waals surface area contributed by atoms with Crippen molar-refractivity contribution in [2.75, 3.05) is 9.80 Å². The fraction of sp³-hybridized carbons (Fsp3) is 0.125. The lowest BCUT2D eigenvalue weighted by Gasteiger charge is -2.33. The van der Waals surface area contributed by atoms with Gasteiger partial charge in [-0.15, -0.1) is 0 Å². The van der Waals surface area contributed by atoms with Crippen LogP contribution in [0.5, 0.6) is 0 Å². The Balaban J connectivity index is 1.15. The first-order valence-corrected chi connectivity index (χ1v) is 23.5. The average molecular weight is 851 g/mol. The summed E-state index contributed by atoms with van der Waals surface area (Å²) >= 11 is 0. The van der Waals surface area contributed by atoms with E-state index >= 15 is 0 Å². The van der Waals surface area contributed by atoms with Crippen LogP contribution in [0, 0.1) is 13.8 Å². The summed E-state index contributed by atoms with van der Waals surface area (Å²) in [6.45, 7) is 11.5. The predicted molar refractivity (Wildman–Crippen MR) is 282 cm³/mol. The summed E-state index contributed by atoms with van der Waals surface area (Å²) in [7, 11) is 0. The van der Waals surface area contributed by atoms with Crippen molar-refractivity contribution in [3.8, 4) is 22.3 Å². The minimum absolute atomic E-state index is 0.473. The van der Waals surface area contributed by atoms with Crippen molar-refractivity contribution >= 4 is 55.7 Å². The normalized spacial score (nSPS) is 14.5. The van der Waals surface area contributed by atoms with Gasteiger partial charge < -0.3 is 9.80 Å². The maximum atomic E-state index is 2.52. The number of para-hydroxylation sites is 1. The van der Waals surface area contributed by atoms with Gasteiger partial charge in [0.1, 0.15) is 0 Å². The van der Waals surface area contributed by atoms with Crippen molar-refractivity contribution in [1.29, 1.82) is 0 Å². The lowest BCUT2D eigenvalue weighted by Crippen LogP contribution is -2.23. The first-order valence-electron chi connectivity index (χ1n) is 23.5. The summed E-state index contributed by atoms with van der Waals surface area (Å²) in [4.78, 5) is 4.93. The molecule has 1 aliphatic carbocycles. The van der Waals surface area contributed by atoms with Gasteiger partial charge in [-0.25, -0.2) is 0 Å². The predicted octanol–water partition coefficient (Wildman–Crippen LogP) is 18.1. The van der Waals surface area contributed by atoms with Gasteiger partial charge in [0.2, 0.25) is 0 Å². The number of rotatable bonds is 10. The topological polar surface area (TPSA) is 6.48 Å². The molecule has 0 saturated carbocycles. The molecular formula is C64H54N2. The van der Waals surface area contributed by atoms with E-state index in [0.717, 1.165) is 40.5 Å². The van der Waals surface area contributed by atoms with Gasteiger partial charge in [-0.05, 0) is 155 Å². The highest BCUT2D eigenvalue weighted by molar-refractivity contribution is 6.11. The maximum Gasteiger partial charge on any atom is 0.0543 e. The zero-order valence-corrected chi connectivity index (χ0v) is 38.5. The number of benzene rings is 10. The number of hydrogen-bond acceptors (Lipinski definition) is 2. The summed E-state index contributed by atoms with van der Waals surface area (Å²) in [6.07, 6.45) is 1.10. The van der Waals surface area contributed by atoms with Crippen LogP contribution in [0.1, 0.15) is 66.5 Å². The van der Waals surface area contributed by atoms with Crippen LogP contribution >= 0.6 is 0 Å². The summed E-state index contributed by atoms with van der Waals surface area (Å²) in [5.41, 5.74) is 19.3. The van der Waals surface area contributed by atoms with Crippen LogP contribution < -0.4 is 9.80 Å². The highest BCUT2D eigenvalue weighted by Gasteiger charge is 2.43. The first kappa shape index (κ1) is 41.1. The van der Waals surface area contributed by atoms with E-state index in [1.54, 1.807) is 0 Å². The Morgan fingerprint density at radius 3 is 1.76 bits per heavy atom. The van der Waals surface area contributed by atoms with Crippen molar-refractivity contribution in [3.05, 3.63) is 252 Å². The van der Waals surface area contributed by atoms with Crippen molar-refractivity contribution in [1.82, 2.24) is 0 Å². The maximum absolute atomic E-state index is 2.52. The fourth-order valence-electron chi connectivity index (χ4n) is 10.8. The van der Waals surface area contributed by atoms with Crippen LogP contribution in [-0.4, -0.2) is 0 Å². The zero-order chi connectivity index (χ0) is 44.9. The van der Waals surface area contributed by atoms with E-state index < -0.39 is 5.41 Å². The number of nitrogens with zero attached hydrogens (tertiary/aromatic N) is 2. The van der Waals surface area contributed by atoms with E-state index in [4.69, 9.17) is 0 Å². The van der Waals surface area contributed by atoms with Crippen molar-refractivity contribution in [3.63, 3.8) is 0 Å². The monoisotopic (exact) mass is 850 g/mol. The van der Waals surface area contributed by atoms with Crippen molar-refractivity contribution in [2.24, 2.45) is 0 Å². The molecule has 0 amide bonds. The van der Waals surface area contributed by atoms with Gasteiger partial charge in [-0.3, -0.25) is 0 Å². The molecule has 2 unspecified atom stereocenters. The van der Waals surface area contributed by atoms with Gasteiger partial charge in [-0.2, -0.15) is 0 Å². The number of anilines is 6. The largest absolute Gasteiger partial charge is 0.310 e. The van der Waals surface area contributed by atoms with Gasteiger partial charge in [0.25, 0.3) is 0 Å². The van der Waals surface area contributed by atoms with Gasteiger partial charge >= 0.3 is 0 Å². The molecule has 320 valence electrons. The Kier molecular flexibility index (Phi) is 10.4. The molecule has 0 aliphatic heterocycles. The third kappa shape index (κ3) is 6.79. The van der Waals surface area contributed by atoms with E-state index in [9.17, 15) is 0 Å². The molecule has 0 saturated heterocycles. The smallest absolute Gasteiger partial charge is 0.0543 e. The lowest BCUT2D eigenvalue weighted by molar-refractivity contribution is 0.714. The average Bonchev–Trinajstić information content (AvgIpc) is 3.63. The summed E-state index contributed by atoms with van der Waals surface area (Å²) < 4.78 is 0. The summed E-state index contributed by atoms with van der Waals surface area (Å²) in [5, 5.41) is 4.90. The first-order chi connectivity index (χ1) is 32.3.